The summed E-state index contributed by atoms with van der Waals surface area (Å²) in [6.45, 7) is 7.40. The molecule has 4 heteroatoms. The molecule has 0 radical (unpaired) electrons. The van der Waals surface area contributed by atoms with Crippen LogP contribution in [0.3, 0.4) is 0 Å². The fourth-order valence-electron chi connectivity index (χ4n) is 1.62. The van der Waals surface area contributed by atoms with Gasteiger partial charge in [-0.25, -0.2) is 4.39 Å². The van der Waals surface area contributed by atoms with Crippen molar-refractivity contribution in [1.29, 1.82) is 0 Å². The molecule has 0 unspecified atom stereocenters. The van der Waals surface area contributed by atoms with Gasteiger partial charge in [0.15, 0.2) is 0 Å². The Hall–Kier alpha value is -1.09. The number of hydrogen-bond donors (Lipinski definition) is 1. The number of rotatable bonds is 4. The Kier molecular flexibility index (Phi) is 4.74. The highest BCUT2D eigenvalue weighted by Gasteiger charge is 2.25. The fraction of sp³-hybridized carbons (Fsp3) is 0.500. The van der Waals surface area contributed by atoms with Gasteiger partial charge in [-0.1, -0.05) is 12.1 Å². The van der Waals surface area contributed by atoms with Crippen molar-refractivity contribution in [2.24, 2.45) is 5.41 Å². The Bertz CT molecular complexity index is 434. The molecule has 0 saturated heterocycles. The summed E-state index contributed by atoms with van der Waals surface area (Å²) in [5, 5.41) is 2.82. The molecule has 0 heterocycles. The number of halogens is 2. The minimum Gasteiger partial charge on any atom is -0.352 e. The van der Waals surface area contributed by atoms with Crippen molar-refractivity contribution in [1.82, 2.24) is 5.32 Å². The highest BCUT2D eigenvalue weighted by molar-refractivity contribution is 6.19. The van der Waals surface area contributed by atoms with E-state index in [1.54, 1.807) is 39.8 Å². The first-order valence-corrected chi connectivity index (χ1v) is 6.41. The molecule has 1 aromatic rings. The molecular formula is C14H19ClFNO. The number of nitrogens with one attached hydrogen (secondary N) is 1. The molecular weight excluding hydrogens is 253 g/mol. The molecule has 1 amide bonds. The summed E-state index contributed by atoms with van der Waals surface area (Å²) in [7, 11) is 0. The van der Waals surface area contributed by atoms with Crippen LogP contribution in [-0.4, -0.2) is 11.8 Å². The van der Waals surface area contributed by atoms with E-state index in [1.807, 2.05) is 0 Å². The molecule has 0 saturated carbocycles. The number of aryl methyl sites for hydroxylation is 2. The quantitative estimate of drug-likeness (QED) is 0.837. The number of benzene rings is 1. The van der Waals surface area contributed by atoms with Crippen LogP contribution in [0.15, 0.2) is 12.1 Å². The van der Waals surface area contributed by atoms with Gasteiger partial charge in [-0.05, 0) is 44.4 Å². The second kappa shape index (κ2) is 5.70. The van der Waals surface area contributed by atoms with Gasteiger partial charge in [0.25, 0.3) is 0 Å². The van der Waals surface area contributed by atoms with E-state index in [1.165, 1.54) is 0 Å². The summed E-state index contributed by atoms with van der Waals surface area (Å²) in [6.07, 6.45) is 0. The van der Waals surface area contributed by atoms with Crippen LogP contribution in [0.1, 0.15) is 30.5 Å². The van der Waals surface area contributed by atoms with Gasteiger partial charge >= 0.3 is 0 Å². The van der Waals surface area contributed by atoms with Crippen molar-refractivity contribution < 1.29 is 9.18 Å². The largest absolute Gasteiger partial charge is 0.352 e. The van der Waals surface area contributed by atoms with Crippen molar-refractivity contribution in [2.45, 2.75) is 34.2 Å². The van der Waals surface area contributed by atoms with Crippen LogP contribution < -0.4 is 5.32 Å². The number of alkyl halides is 1. The fourth-order valence-corrected chi connectivity index (χ4v) is 1.74. The zero-order valence-electron chi connectivity index (χ0n) is 11.2. The third-order valence-corrected chi connectivity index (χ3v) is 3.57. The minimum absolute atomic E-state index is 0.0999. The molecule has 18 heavy (non-hydrogen) atoms. The maximum absolute atomic E-state index is 13.4. The van der Waals surface area contributed by atoms with Crippen molar-refractivity contribution >= 4 is 17.5 Å². The van der Waals surface area contributed by atoms with Crippen LogP contribution in [-0.2, 0) is 11.3 Å². The zero-order valence-corrected chi connectivity index (χ0v) is 12.0. The molecule has 0 aromatic heterocycles. The first-order valence-electron chi connectivity index (χ1n) is 5.88. The highest BCUT2D eigenvalue weighted by Crippen LogP contribution is 2.18. The number of amides is 1. The molecule has 1 aromatic carbocycles. The molecule has 2 nitrogen and oxygen atoms in total. The van der Waals surface area contributed by atoms with Gasteiger partial charge in [0, 0.05) is 12.4 Å². The smallest absolute Gasteiger partial charge is 0.227 e. The minimum atomic E-state index is -0.592. The Morgan fingerprint density at radius 2 is 1.83 bits per heavy atom. The SMILES string of the molecule is Cc1cc(CNC(=O)C(C)(C)CCl)cc(C)c1F. The van der Waals surface area contributed by atoms with E-state index in [0.717, 1.165) is 5.56 Å². The van der Waals surface area contributed by atoms with Gasteiger partial charge < -0.3 is 5.32 Å². The molecule has 1 rings (SSSR count). The summed E-state index contributed by atoms with van der Waals surface area (Å²) in [5.74, 6) is -0.0244. The molecule has 0 aliphatic carbocycles. The number of carbonyl (C=O) groups is 1. The Morgan fingerprint density at radius 3 is 2.28 bits per heavy atom. The van der Waals surface area contributed by atoms with Gasteiger partial charge in [0.05, 0.1) is 5.41 Å². The average Bonchev–Trinajstić information content (AvgIpc) is 2.32. The van der Waals surface area contributed by atoms with E-state index < -0.39 is 5.41 Å². The first-order chi connectivity index (χ1) is 8.27. The molecule has 0 aliphatic heterocycles. The van der Waals surface area contributed by atoms with Crippen LogP contribution in [0, 0.1) is 25.1 Å². The maximum Gasteiger partial charge on any atom is 0.227 e. The van der Waals surface area contributed by atoms with E-state index in [-0.39, 0.29) is 17.6 Å². The zero-order chi connectivity index (χ0) is 13.9. The van der Waals surface area contributed by atoms with E-state index >= 15 is 0 Å². The normalized spacial score (nSPS) is 11.4. The van der Waals surface area contributed by atoms with E-state index in [2.05, 4.69) is 5.32 Å². The summed E-state index contributed by atoms with van der Waals surface area (Å²) in [4.78, 5) is 11.8. The van der Waals surface area contributed by atoms with Crippen molar-refractivity contribution in [3.8, 4) is 0 Å². The van der Waals surface area contributed by atoms with Gasteiger partial charge in [0.2, 0.25) is 5.91 Å². The average molecular weight is 272 g/mol. The lowest BCUT2D eigenvalue weighted by molar-refractivity contribution is -0.128. The topological polar surface area (TPSA) is 29.1 Å². The van der Waals surface area contributed by atoms with Crippen molar-refractivity contribution in [3.63, 3.8) is 0 Å². The Morgan fingerprint density at radius 1 is 1.33 bits per heavy atom. The lowest BCUT2D eigenvalue weighted by Gasteiger charge is -2.20. The lowest BCUT2D eigenvalue weighted by Crippen LogP contribution is -2.37. The Balaban J connectivity index is 2.73. The lowest BCUT2D eigenvalue weighted by atomic mass is 9.95. The van der Waals surface area contributed by atoms with Crippen LogP contribution >= 0.6 is 11.6 Å². The first kappa shape index (κ1) is 15.0. The number of carbonyl (C=O) groups excluding carboxylic acids is 1. The van der Waals surface area contributed by atoms with Crippen LogP contribution in [0.25, 0.3) is 0 Å². The summed E-state index contributed by atoms with van der Waals surface area (Å²) in [6, 6.07) is 3.49. The summed E-state index contributed by atoms with van der Waals surface area (Å²) >= 11 is 5.73. The second-order valence-electron chi connectivity index (χ2n) is 5.24. The van der Waals surface area contributed by atoms with Crippen molar-refractivity contribution in [3.05, 3.63) is 34.6 Å². The molecule has 100 valence electrons. The van der Waals surface area contributed by atoms with Crippen LogP contribution in [0.4, 0.5) is 4.39 Å². The van der Waals surface area contributed by atoms with Crippen molar-refractivity contribution in [2.75, 3.05) is 5.88 Å². The molecule has 0 fully saturated rings. The highest BCUT2D eigenvalue weighted by atomic mass is 35.5. The summed E-state index contributed by atoms with van der Waals surface area (Å²) < 4.78 is 13.4. The van der Waals surface area contributed by atoms with Gasteiger partial charge in [-0.3, -0.25) is 4.79 Å². The second-order valence-corrected chi connectivity index (χ2v) is 5.51. The summed E-state index contributed by atoms with van der Waals surface area (Å²) in [5.41, 5.74) is 1.49. The standard InChI is InChI=1S/C14H19ClFNO/c1-9-5-11(6-10(2)12(9)16)7-17-13(18)14(3,4)8-15/h5-6H,7-8H2,1-4H3,(H,17,18). The van der Waals surface area contributed by atoms with Gasteiger partial charge in [-0.2, -0.15) is 0 Å². The van der Waals surface area contributed by atoms with Crippen LogP contribution in [0.2, 0.25) is 0 Å². The van der Waals surface area contributed by atoms with E-state index in [4.69, 9.17) is 11.6 Å². The predicted octanol–water partition coefficient (Wildman–Crippen LogP) is 3.32. The van der Waals surface area contributed by atoms with Gasteiger partial charge in [0.1, 0.15) is 5.82 Å². The number of hydrogen-bond acceptors (Lipinski definition) is 1. The molecule has 0 spiro atoms. The molecule has 0 bridgehead atoms. The molecule has 0 atom stereocenters. The third kappa shape index (κ3) is 3.45. The van der Waals surface area contributed by atoms with Crippen LogP contribution in [0.5, 0.6) is 0 Å². The molecule has 0 aliphatic rings. The third-order valence-electron chi connectivity index (χ3n) is 2.90. The van der Waals surface area contributed by atoms with Gasteiger partial charge in [-0.15, -0.1) is 11.6 Å². The maximum atomic E-state index is 13.4. The monoisotopic (exact) mass is 271 g/mol. The predicted molar refractivity (Wildman–Crippen MR) is 72.2 cm³/mol. The van der Waals surface area contributed by atoms with E-state index in [9.17, 15) is 9.18 Å². The van der Waals surface area contributed by atoms with E-state index in [0.29, 0.717) is 17.7 Å². The molecule has 1 N–H and O–H groups in total. The Labute approximate surface area is 113 Å².